The van der Waals surface area contributed by atoms with Crippen LogP contribution in [0.3, 0.4) is 0 Å². The van der Waals surface area contributed by atoms with Crippen molar-refractivity contribution in [1.29, 1.82) is 0 Å². The maximum Gasteiger partial charge on any atom is 0.305 e. The fraction of sp³-hybridized carbons (Fsp3) is 0.923. The molecular weight excluding hydrogens is 188 g/mol. The van der Waals surface area contributed by atoms with Gasteiger partial charge in [0, 0.05) is 11.8 Å². The maximum atomic E-state index is 11.2. The Hall–Kier alpha value is -0.530. The molecule has 88 valence electrons. The SMILES string of the molecule is CCC(=O)OCC1(C(C)(C)C)CCCC1. The second-order valence-electron chi connectivity index (χ2n) is 5.75. The smallest absolute Gasteiger partial charge is 0.305 e. The van der Waals surface area contributed by atoms with E-state index in [0.717, 1.165) is 0 Å². The Morgan fingerprint density at radius 1 is 1.27 bits per heavy atom. The molecule has 0 aromatic carbocycles. The lowest BCUT2D eigenvalue weighted by Crippen LogP contribution is -2.38. The van der Waals surface area contributed by atoms with Crippen molar-refractivity contribution in [3.8, 4) is 0 Å². The third kappa shape index (κ3) is 2.73. The highest BCUT2D eigenvalue weighted by Crippen LogP contribution is 2.51. The minimum absolute atomic E-state index is 0.0643. The van der Waals surface area contributed by atoms with Gasteiger partial charge in [-0.15, -0.1) is 0 Å². The highest BCUT2D eigenvalue weighted by Gasteiger charge is 2.44. The number of carbonyl (C=O) groups is 1. The zero-order valence-electron chi connectivity index (χ0n) is 10.6. The molecule has 0 aliphatic heterocycles. The van der Waals surface area contributed by atoms with Crippen LogP contribution in [0.5, 0.6) is 0 Å². The van der Waals surface area contributed by atoms with Gasteiger partial charge < -0.3 is 4.74 Å². The molecular formula is C13H24O2. The Bertz CT molecular complexity index is 219. The normalized spacial score (nSPS) is 20.3. The monoisotopic (exact) mass is 212 g/mol. The Balaban J connectivity index is 2.63. The zero-order chi connectivity index (χ0) is 11.5. The molecule has 1 rings (SSSR count). The van der Waals surface area contributed by atoms with Crippen molar-refractivity contribution in [3.05, 3.63) is 0 Å². The van der Waals surface area contributed by atoms with E-state index in [0.29, 0.717) is 13.0 Å². The first-order valence-electron chi connectivity index (χ1n) is 6.07. The summed E-state index contributed by atoms with van der Waals surface area (Å²) in [5, 5.41) is 0. The van der Waals surface area contributed by atoms with Gasteiger partial charge in [0.15, 0.2) is 0 Å². The van der Waals surface area contributed by atoms with E-state index in [-0.39, 0.29) is 16.8 Å². The summed E-state index contributed by atoms with van der Waals surface area (Å²) >= 11 is 0. The summed E-state index contributed by atoms with van der Waals surface area (Å²) < 4.78 is 5.37. The van der Waals surface area contributed by atoms with Crippen LogP contribution in [-0.4, -0.2) is 12.6 Å². The lowest BCUT2D eigenvalue weighted by molar-refractivity contribution is -0.149. The van der Waals surface area contributed by atoms with Crippen molar-refractivity contribution in [2.75, 3.05) is 6.61 Å². The summed E-state index contributed by atoms with van der Waals surface area (Å²) in [6.45, 7) is 9.25. The van der Waals surface area contributed by atoms with Crippen LogP contribution in [0.15, 0.2) is 0 Å². The maximum absolute atomic E-state index is 11.2. The predicted octanol–water partition coefficient (Wildman–Crippen LogP) is 3.55. The van der Waals surface area contributed by atoms with Crippen LogP contribution in [0.2, 0.25) is 0 Å². The Morgan fingerprint density at radius 3 is 2.20 bits per heavy atom. The van der Waals surface area contributed by atoms with E-state index in [1.54, 1.807) is 0 Å². The van der Waals surface area contributed by atoms with Crippen molar-refractivity contribution in [2.45, 2.75) is 59.8 Å². The number of hydrogen-bond acceptors (Lipinski definition) is 2. The largest absolute Gasteiger partial charge is 0.465 e. The quantitative estimate of drug-likeness (QED) is 0.669. The molecule has 1 fully saturated rings. The lowest BCUT2D eigenvalue weighted by atomic mass is 9.66. The summed E-state index contributed by atoms with van der Waals surface area (Å²) in [4.78, 5) is 11.2. The molecule has 0 amide bonds. The van der Waals surface area contributed by atoms with Gasteiger partial charge in [0.25, 0.3) is 0 Å². The van der Waals surface area contributed by atoms with E-state index >= 15 is 0 Å². The van der Waals surface area contributed by atoms with Gasteiger partial charge in [0.05, 0.1) is 6.61 Å². The van der Waals surface area contributed by atoms with Crippen LogP contribution < -0.4 is 0 Å². The van der Waals surface area contributed by atoms with E-state index in [1.807, 2.05) is 6.92 Å². The van der Waals surface area contributed by atoms with Crippen LogP contribution in [0.25, 0.3) is 0 Å². The average Bonchev–Trinajstić information content (AvgIpc) is 2.62. The van der Waals surface area contributed by atoms with Gasteiger partial charge in [-0.3, -0.25) is 4.79 Å². The van der Waals surface area contributed by atoms with Crippen LogP contribution in [-0.2, 0) is 9.53 Å². The van der Waals surface area contributed by atoms with Gasteiger partial charge in [0.2, 0.25) is 0 Å². The minimum Gasteiger partial charge on any atom is -0.465 e. The zero-order valence-corrected chi connectivity index (χ0v) is 10.6. The topological polar surface area (TPSA) is 26.3 Å². The molecule has 2 nitrogen and oxygen atoms in total. The van der Waals surface area contributed by atoms with Crippen LogP contribution in [0.1, 0.15) is 59.8 Å². The summed E-state index contributed by atoms with van der Waals surface area (Å²) in [7, 11) is 0. The van der Waals surface area contributed by atoms with Gasteiger partial charge in [-0.2, -0.15) is 0 Å². The molecule has 0 saturated heterocycles. The summed E-state index contributed by atoms with van der Waals surface area (Å²) in [5.74, 6) is -0.0643. The van der Waals surface area contributed by atoms with E-state index in [2.05, 4.69) is 20.8 Å². The molecule has 0 bridgehead atoms. The van der Waals surface area contributed by atoms with Gasteiger partial charge in [-0.1, -0.05) is 40.5 Å². The van der Waals surface area contributed by atoms with Gasteiger partial charge in [-0.25, -0.2) is 0 Å². The van der Waals surface area contributed by atoms with Crippen LogP contribution in [0.4, 0.5) is 0 Å². The molecule has 2 heteroatoms. The van der Waals surface area contributed by atoms with E-state index in [1.165, 1.54) is 25.7 Å². The summed E-state index contributed by atoms with van der Waals surface area (Å²) in [5.41, 5.74) is 0.454. The molecule has 1 aliphatic carbocycles. The average molecular weight is 212 g/mol. The Labute approximate surface area is 93.4 Å². The first kappa shape index (κ1) is 12.5. The molecule has 0 N–H and O–H groups in total. The molecule has 0 unspecified atom stereocenters. The van der Waals surface area contributed by atoms with Gasteiger partial charge in [-0.05, 0) is 18.3 Å². The summed E-state index contributed by atoms with van der Waals surface area (Å²) in [6.07, 6.45) is 5.45. The molecule has 0 aromatic rings. The fourth-order valence-electron chi connectivity index (χ4n) is 2.48. The van der Waals surface area contributed by atoms with E-state index in [9.17, 15) is 4.79 Å². The van der Waals surface area contributed by atoms with Crippen molar-refractivity contribution < 1.29 is 9.53 Å². The van der Waals surface area contributed by atoms with E-state index in [4.69, 9.17) is 4.74 Å². The number of hydrogen-bond donors (Lipinski definition) is 0. The molecule has 0 spiro atoms. The highest BCUT2D eigenvalue weighted by atomic mass is 16.5. The first-order chi connectivity index (χ1) is 6.91. The van der Waals surface area contributed by atoms with Crippen molar-refractivity contribution in [1.82, 2.24) is 0 Å². The first-order valence-corrected chi connectivity index (χ1v) is 6.07. The van der Waals surface area contributed by atoms with Crippen molar-refractivity contribution in [3.63, 3.8) is 0 Å². The standard InChI is InChI=1S/C13H24O2/c1-5-11(14)15-10-13(12(2,3)4)8-6-7-9-13/h5-10H2,1-4H3. The van der Waals surface area contributed by atoms with Gasteiger partial charge in [0.1, 0.15) is 0 Å². The molecule has 0 heterocycles. The Morgan fingerprint density at radius 2 is 1.80 bits per heavy atom. The van der Waals surface area contributed by atoms with Gasteiger partial charge >= 0.3 is 5.97 Å². The third-order valence-electron chi connectivity index (χ3n) is 3.95. The number of rotatable bonds is 3. The molecule has 0 atom stereocenters. The predicted molar refractivity (Wildman–Crippen MR) is 61.6 cm³/mol. The second-order valence-corrected chi connectivity index (χ2v) is 5.75. The summed E-state index contributed by atoms with van der Waals surface area (Å²) in [6, 6.07) is 0. The number of carbonyl (C=O) groups excluding carboxylic acids is 1. The van der Waals surface area contributed by atoms with E-state index < -0.39 is 0 Å². The molecule has 15 heavy (non-hydrogen) atoms. The molecule has 0 aromatic heterocycles. The third-order valence-corrected chi connectivity index (χ3v) is 3.95. The Kier molecular flexibility index (Phi) is 3.80. The number of esters is 1. The highest BCUT2D eigenvalue weighted by molar-refractivity contribution is 5.68. The van der Waals surface area contributed by atoms with Crippen LogP contribution >= 0.6 is 0 Å². The number of ether oxygens (including phenoxy) is 1. The lowest BCUT2D eigenvalue weighted by Gasteiger charge is -2.41. The van der Waals surface area contributed by atoms with Crippen LogP contribution in [0, 0.1) is 10.8 Å². The molecule has 0 radical (unpaired) electrons. The molecule has 1 aliphatic rings. The van der Waals surface area contributed by atoms with Crippen molar-refractivity contribution in [2.24, 2.45) is 10.8 Å². The molecule has 1 saturated carbocycles. The minimum atomic E-state index is -0.0643. The fourth-order valence-corrected chi connectivity index (χ4v) is 2.48. The van der Waals surface area contributed by atoms with Crippen molar-refractivity contribution >= 4 is 5.97 Å². The second kappa shape index (κ2) is 4.54.